The Hall–Kier alpha value is -3.54. The van der Waals surface area contributed by atoms with Crippen molar-refractivity contribution in [3.05, 3.63) is 83.8 Å². The summed E-state index contributed by atoms with van der Waals surface area (Å²) in [7, 11) is 0. The first-order chi connectivity index (χ1) is 13.2. The van der Waals surface area contributed by atoms with E-state index in [0.29, 0.717) is 24.4 Å². The number of hydrogen-bond acceptors (Lipinski definition) is 4. The van der Waals surface area contributed by atoms with E-state index in [4.69, 9.17) is 9.15 Å². The number of furan rings is 1. The fourth-order valence-corrected chi connectivity index (χ4v) is 2.53. The van der Waals surface area contributed by atoms with E-state index in [1.807, 2.05) is 31.2 Å². The van der Waals surface area contributed by atoms with Crippen molar-refractivity contribution in [2.24, 2.45) is 0 Å². The van der Waals surface area contributed by atoms with Gasteiger partial charge in [-0.15, -0.1) is 0 Å². The van der Waals surface area contributed by atoms with Gasteiger partial charge >= 0.3 is 0 Å². The van der Waals surface area contributed by atoms with Gasteiger partial charge in [-0.25, -0.2) is 0 Å². The molecule has 0 unspecified atom stereocenters. The molecule has 0 fully saturated rings. The molecule has 138 valence electrons. The molecule has 0 aliphatic carbocycles. The fourth-order valence-electron chi connectivity index (χ4n) is 2.53. The molecule has 2 N–H and O–H groups in total. The van der Waals surface area contributed by atoms with Crippen LogP contribution in [0.3, 0.4) is 0 Å². The van der Waals surface area contributed by atoms with Gasteiger partial charge in [-0.05, 0) is 55.0 Å². The topological polar surface area (TPSA) is 80.6 Å². The van der Waals surface area contributed by atoms with Gasteiger partial charge < -0.3 is 19.8 Å². The smallest absolute Gasteiger partial charge is 0.291 e. The molecule has 1 aromatic heterocycles. The first kappa shape index (κ1) is 18.3. The Bertz CT molecular complexity index is 919. The molecule has 1 heterocycles. The summed E-state index contributed by atoms with van der Waals surface area (Å²) in [6.07, 6.45) is 1.43. The van der Waals surface area contributed by atoms with Gasteiger partial charge in [0.15, 0.2) is 5.76 Å². The third-order valence-electron chi connectivity index (χ3n) is 3.79. The van der Waals surface area contributed by atoms with Gasteiger partial charge in [0.05, 0.1) is 12.9 Å². The molecule has 27 heavy (non-hydrogen) atoms. The van der Waals surface area contributed by atoms with Crippen LogP contribution in [0.2, 0.25) is 0 Å². The zero-order valence-electron chi connectivity index (χ0n) is 14.9. The largest absolute Gasteiger partial charge is 0.494 e. The highest BCUT2D eigenvalue weighted by Gasteiger charge is 2.11. The van der Waals surface area contributed by atoms with E-state index in [9.17, 15) is 9.59 Å². The summed E-state index contributed by atoms with van der Waals surface area (Å²) in [5.41, 5.74) is 1.91. The minimum Gasteiger partial charge on any atom is -0.494 e. The monoisotopic (exact) mass is 364 g/mol. The van der Waals surface area contributed by atoms with Crippen LogP contribution in [0.25, 0.3) is 0 Å². The lowest BCUT2D eigenvalue weighted by Gasteiger charge is -2.09. The average molecular weight is 364 g/mol. The predicted molar refractivity (Wildman–Crippen MR) is 102 cm³/mol. The summed E-state index contributed by atoms with van der Waals surface area (Å²) in [6, 6.07) is 17.5. The van der Waals surface area contributed by atoms with Crippen LogP contribution in [0.15, 0.2) is 71.3 Å². The molecule has 0 radical (unpaired) electrons. The molecule has 6 nitrogen and oxygen atoms in total. The van der Waals surface area contributed by atoms with E-state index >= 15 is 0 Å². The van der Waals surface area contributed by atoms with Gasteiger partial charge in [0.25, 0.3) is 11.8 Å². The van der Waals surface area contributed by atoms with Crippen molar-refractivity contribution < 1.29 is 18.7 Å². The minimum atomic E-state index is -0.370. The van der Waals surface area contributed by atoms with E-state index in [1.54, 1.807) is 36.4 Å². The first-order valence-electron chi connectivity index (χ1n) is 8.60. The lowest BCUT2D eigenvalue weighted by atomic mass is 10.1. The zero-order valence-corrected chi connectivity index (χ0v) is 14.9. The average Bonchev–Trinajstić information content (AvgIpc) is 3.22. The maximum atomic E-state index is 12.4. The van der Waals surface area contributed by atoms with E-state index in [0.717, 1.165) is 11.3 Å². The molecule has 0 spiro atoms. The highest BCUT2D eigenvalue weighted by atomic mass is 16.5. The summed E-state index contributed by atoms with van der Waals surface area (Å²) in [5, 5.41) is 5.57. The number of ether oxygens (including phenoxy) is 1. The maximum absolute atomic E-state index is 12.4. The number of carbonyl (C=O) groups excluding carboxylic acids is 2. The molecule has 0 aliphatic heterocycles. The summed E-state index contributed by atoms with van der Waals surface area (Å²) >= 11 is 0. The van der Waals surface area contributed by atoms with Gasteiger partial charge in [-0.1, -0.05) is 18.2 Å². The Balaban J connectivity index is 1.61. The quantitative estimate of drug-likeness (QED) is 0.667. The van der Waals surface area contributed by atoms with Gasteiger partial charge in [-0.2, -0.15) is 0 Å². The summed E-state index contributed by atoms with van der Waals surface area (Å²) < 4.78 is 10.5. The summed E-state index contributed by atoms with van der Waals surface area (Å²) in [4.78, 5) is 24.5. The van der Waals surface area contributed by atoms with Crippen molar-refractivity contribution in [1.29, 1.82) is 0 Å². The summed E-state index contributed by atoms with van der Waals surface area (Å²) in [6.45, 7) is 2.89. The third-order valence-corrected chi connectivity index (χ3v) is 3.79. The Morgan fingerprint density at radius 1 is 1.00 bits per heavy atom. The molecule has 0 bridgehead atoms. The second kappa shape index (κ2) is 8.71. The lowest BCUT2D eigenvalue weighted by molar-refractivity contribution is 0.0949. The second-order valence-electron chi connectivity index (χ2n) is 5.78. The number of amides is 2. The third kappa shape index (κ3) is 4.98. The standard InChI is InChI=1S/C21H20N2O4/c1-2-26-18-9-3-6-15(12-18)14-22-20(24)16-7-4-8-17(13-16)23-21(25)19-10-5-11-27-19/h3-13H,2,14H2,1H3,(H,22,24)(H,23,25). The van der Waals surface area contributed by atoms with Crippen LogP contribution < -0.4 is 15.4 Å². The molecule has 0 saturated heterocycles. The molecule has 2 amide bonds. The second-order valence-corrected chi connectivity index (χ2v) is 5.78. The number of anilines is 1. The molecule has 2 aromatic carbocycles. The number of nitrogens with one attached hydrogen (secondary N) is 2. The van der Waals surface area contributed by atoms with Crippen LogP contribution in [0.4, 0.5) is 5.69 Å². The highest BCUT2D eigenvalue weighted by Crippen LogP contribution is 2.15. The van der Waals surface area contributed by atoms with Crippen molar-refractivity contribution in [1.82, 2.24) is 5.32 Å². The van der Waals surface area contributed by atoms with E-state index in [1.165, 1.54) is 6.26 Å². The Morgan fingerprint density at radius 3 is 2.63 bits per heavy atom. The number of rotatable bonds is 7. The first-order valence-corrected chi connectivity index (χ1v) is 8.60. The van der Waals surface area contributed by atoms with E-state index in [2.05, 4.69) is 10.6 Å². The Labute approximate surface area is 157 Å². The van der Waals surface area contributed by atoms with Gasteiger partial charge in [0, 0.05) is 17.8 Å². The number of carbonyl (C=O) groups is 2. The molecule has 0 atom stereocenters. The Morgan fingerprint density at radius 2 is 1.85 bits per heavy atom. The maximum Gasteiger partial charge on any atom is 0.291 e. The number of benzene rings is 2. The van der Waals surface area contributed by atoms with Crippen LogP contribution in [0.5, 0.6) is 5.75 Å². The SMILES string of the molecule is CCOc1cccc(CNC(=O)c2cccc(NC(=O)c3ccco3)c2)c1. The molecule has 3 rings (SSSR count). The van der Waals surface area contributed by atoms with Crippen molar-refractivity contribution in [2.75, 3.05) is 11.9 Å². The molecule has 6 heteroatoms. The van der Waals surface area contributed by atoms with Crippen LogP contribution in [-0.4, -0.2) is 18.4 Å². The van der Waals surface area contributed by atoms with E-state index in [-0.39, 0.29) is 17.6 Å². The Kier molecular flexibility index (Phi) is 5.89. The van der Waals surface area contributed by atoms with Crippen molar-refractivity contribution in [3.8, 4) is 5.75 Å². The van der Waals surface area contributed by atoms with Crippen LogP contribution in [0, 0.1) is 0 Å². The van der Waals surface area contributed by atoms with Crippen molar-refractivity contribution in [2.45, 2.75) is 13.5 Å². The molecule has 0 aliphatic rings. The van der Waals surface area contributed by atoms with Crippen LogP contribution >= 0.6 is 0 Å². The normalized spacial score (nSPS) is 10.3. The minimum absolute atomic E-state index is 0.207. The predicted octanol–water partition coefficient (Wildman–Crippen LogP) is 3.86. The molecular weight excluding hydrogens is 344 g/mol. The lowest BCUT2D eigenvalue weighted by Crippen LogP contribution is -2.23. The summed E-state index contributed by atoms with van der Waals surface area (Å²) in [5.74, 6) is 0.377. The fraction of sp³-hybridized carbons (Fsp3) is 0.143. The van der Waals surface area contributed by atoms with Gasteiger partial charge in [-0.3, -0.25) is 9.59 Å². The zero-order chi connectivity index (χ0) is 19.1. The van der Waals surface area contributed by atoms with Crippen LogP contribution in [0.1, 0.15) is 33.4 Å². The highest BCUT2D eigenvalue weighted by molar-refractivity contribution is 6.03. The van der Waals surface area contributed by atoms with Gasteiger partial charge in [0.2, 0.25) is 0 Å². The molecular formula is C21H20N2O4. The van der Waals surface area contributed by atoms with Crippen molar-refractivity contribution in [3.63, 3.8) is 0 Å². The molecule has 0 saturated carbocycles. The number of hydrogen-bond donors (Lipinski definition) is 2. The van der Waals surface area contributed by atoms with Crippen LogP contribution in [-0.2, 0) is 6.54 Å². The molecule has 3 aromatic rings. The van der Waals surface area contributed by atoms with Crippen molar-refractivity contribution >= 4 is 17.5 Å². The van der Waals surface area contributed by atoms with E-state index < -0.39 is 0 Å². The van der Waals surface area contributed by atoms with Gasteiger partial charge in [0.1, 0.15) is 5.75 Å².